The summed E-state index contributed by atoms with van der Waals surface area (Å²) >= 11 is 0. The van der Waals surface area contributed by atoms with Crippen LogP contribution in [0.15, 0.2) is 36.5 Å². The number of carbonyl (C=O) groups excluding carboxylic acids is 1. The van der Waals surface area contributed by atoms with Crippen molar-refractivity contribution < 1.29 is 22.7 Å². The molecule has 2 heterocycles. The monoisotopic (exact) mass is 339 g/mol. The lowest BCUT2D eigenvalue weighted by Crippen LogP contribution is -2.36. The summed E-state index contributed by atoms with van der Waals surface area (Å²) in [5, 5.41) is 6.77. The van der Waals surface area contributed by atoms with Crippen LogP contribution in [0.2, 0.25) is 0 Å². The van der Waals surface area contributed by atoms with Crippen molar-refractivity contribution in [1.29, 1.82) is 0 Å². The molecular formula is C16H16F3N3O2. The van der Waals surface area contributed by atoms with E-state index in [9.17, 15) is 18.0 Å². The molecule has 2 aromatic rings. The van der Waals surface area contributed by atoms with Gasteiger partial charge < -0.3 is 10.1 Å². The van der Waals surface area contributed by atoms with E-state index in [2.05, 4.69) is 10.4 Å². The molecule has 0 bridgehead atoms. The normalized spacial score (nSPS) is 20.2. The minimum absolute atomic E-state index is 0.00623. The lowest BCUT2D eigenvalue weighted by atomic mass is 9.96. The van der Waals surface area contributed by atoms with Crippen molar-refractivity contribution in [2.24, 2.45) is 0 Å². The van der Waals surface area contributed by atoms with Gasteiger partial charge in [-0.2, -0.15) is 18.3 Å². The molecule has 8 heteroatoms. The van der Waals surface area contributed by atoms with Gasteiger partial charge in [-0.15, -0.1) is 0 Å². The number of carbonyl (C=O) groups is 1. The summed E-state index contributed by atoms with van der Waals surface area (Å²) in [6.07, 6.45) is -3.56. The number of halogens is 3. The summed E-state index contributed by atoms with van der Waals surface area (Å²) in [7, 11) is 0. The lowest BCUT2D eigenvalue weighted by molar-refractivity contribution is -0.173. The number of nitrogens with zero attached hydrogens (tertiary/aromatic N) is 2. The third kappa shape index (κ3) is 2.95. The van der Waals surface area contributed by atoms with E-state index in [0.717, 1.165) is 10.9 Å². The third-order valence-electron chi connectivity index (χ3n) is 3.94. The lowest BCUT2D eigenvalue weighted by Gasteiger charge is -2.33. The van der Waals surface area contributed by atoms with E-state index in [1.165, 1.54) is 0 Å². The first kappa shape index (κ1) is 16.4. The van der Waals surface area contributed by atoms with Gasteiger partial charge in [0.15, 0.2) is 6.04 Å². The maximum absolute atomic E-state index is 13.5. The van der Waals surface area contributed by atoms with Crippen molar-refractivity contribution in [3.8, 4) is 0 Å². The van der Waals surface area contributed by atoms with Crippen LogP contribution in [0.1, 0.15) is 41.3 Å². The minimum Gasteiger partial charge on any atom is -0.462 e. The molecule has 0 spiro atoms. The number of hydrogen-bond donors (Lipinski definition) is 1. The van der Waals surface area contributed by atoms with E-state index in [0.29, 0.717) is 5.56 Å². The quantitative estimate of drug-likeness (QED) is 0.866. The fraction of sp³-hybridized carbons (Fsp3) is 0.375. The number of benzene rings is 1. The van der Waals surface area contributed by atoms with Gasteiger partial charge in [0.1, 0.15) is 11.4 Å². The molecule has 0 unspecified atom stereocenters. The van der Waals surface area contributed by atoms with Crippen molar-refractivity contribution in [3.05, 3.63) is 47.7 Å². The Bertz CT molecular complexity index is 728. The van der Waals surface area contributed by atoms with Crippen molar-refractivity contribution in [2.45, 2.75) is 31.6 Å². The van der Waals surface area contributed by atoms with Crippen molar-refractivity contribution in [2.75, 3.05) is 11.9 Å². The number of aromatic nitrogens is 2. The highest BCUT2D eigenvalue weighted by Gasteiger charge is 2.47. The Balaban J connectivity index is 2.03. The number of ether oxygens (including phenoxy) is 1. The van der Waals surface area contributed by atoms with Gasteiger partial charge >= 0.3 is 12.1 Å². The van der Waals surface area contributed by atoms with Crippen LogP contribution in [0.25, 0.3) is 0 Å². The molecule has 0 fully saturated rings. The molecule has 128 valence electrons. The Hall–Kier alpha value is -2.51. The highest BCUT2D eigenvalue weighted by Crippen LogP contribution is 2.44. The molecule has 3 rings (SSSR count). The van der Waals surface area contributed by atoms with Crippen molar-refractivity contribution >= 4 is 11.8 Å². The average molecular weight is 339 g/mol. The predicted molar refractivity (Wildman–Crippen MR) is 80.7 cm³/mol. The number of rotatable bonds is 3. The van der Waals surface area contributed by atoms with E-state index in [4.69, 9.17) is 4.74 Å². The van der Waals surface area contributed by atoms with E-state index in [1.807, 2.05) is 0 Å². The fourth-order valence-electron chi connectivity index (χ4n) is 2.82. The molecule has 0 aliphatic carbocycles. The Morgan fingerprint density at radius 2 is 2.08 bits per heavy atom. The SMILES string of the molecule is CCOC(=O)c1cnn2c1N[C@@H](c1ccccc1)C[C@H]2C(F)(F)F. The molecule has 24 heavy (non-hydrogen) atoms. The Morgan fingerprint density at radius 3 is 2.71 bits per heavy atom. The van der Waals surface area contributed by atoms with Gasteiger partial charge in [-0.1, -0.05) is 30.3 Å². The second-order valence-corrected chi connectivity index (χ2v) is 5.47. The predicted octanol–water partition coefficient (Wildman–Crippen LogP) is 3.72. The van der Waals surface area contributed by atoms with E-state index in [-0.39, 0.29) is 24.4 Å². The molecule has 0 saturated carbocycles. The van der Waals surface area contributed by atoms with Crippen LogP contribution in [0.4, 0.5) is 19.0 Å². The molecule has 2 atom stereocenters. The molecule has 0 radical (unpaired) electrons. The molecule has 1 aliphatic heterocycles. The fourth-order valence-corrected chi connectivity index (χ4v) is 2.82. The number of esters is 1. The number of fused-ring (bicyclic) bond motifs is 1. The highest BCUT2D eigenvalue weighted by atomic mass is 19.4. The van der Waals surface area contributed by atoms with Crippen LogP contribution in [0, 0.1) is 0 Å². The Labute approximate surface area is 136 Å². The summed E-state index contributed by atoms with van der Waals surface area (Å²) in [5.41, 5.74) is 0.723. The molecule has 0 amide bonds. The molecule has 1 N–H and O–H groups in total. The summed E-state index contributed by atoms with van der Waals surface area (Å²) in [4.78, 5) is 12.0. The molecule has 1 aliphatic rings. The number of nitrogens with one attached hydrogen (secondary N) is 1. The van der Waals surface area contributed by atoms with Crippen LogP contribution in [0.3, 0.4) is 0 Å². The summed E-state index contributed by atoms with van der Waals surface area (Å²) in [6.45, 7) is 1.76. The van der Waals surface area contributed by atoms with Gasteiger partial charge in [0.05, 0.1) is 18.8 Å². The zero-order valence-electron chi connectivity index (χ0n) is 12.9. The zero-order valence-corrected chi connectivity index (χ0v) is 12.9. The zero-order chi connectivity index (χ0) is 17.3. The van der Waals surface area contributed by atoms with Gasteiger partial charge in [0.25, 0.3) is 0 Å². The average Bonchev–Trinajstić information content (AvgIpc) is 2.98. The summed E-state index contributed by atoms with van der Waals surface area (Å²) in [5.74, 6) is -0.656. The maximum atomic E-state index is 13.5. The first-order valence-electron chi connectivity index (χ1n) is 7.54. The van der Waals surface area contributed by atoms with Gasteiger partial charge in [-0.25, -0.2) is 9.48 Å². The number of alkyl halides is 3. The highest BCUT2D eigenvalue weighted by molar-refractivity contribution is 5.94. The summed E-state index contributed by atoms with van der Waals surface area (Å²) < 4.78 is 46.1. The van der Waals surface area contributed by atoms with Gasteiger partial charge in [-0.05, 0) is 12.5 Å². The van der Waals surface area contributed by atoms with Crippen molar-refractivity contribution in [1.82, 2.24) is 9.78 Å². The topological polar surface area (TPSA) is 56.1 Å². The van der Waals surface area contributed by atoms with E-state index >= 15 is 0 Å². The van der Waals surface area contributed by atoms with Gasteiger partial charge in [0, 0.05) is 6.42 Å². The van der Waals surface area contributed by atoms with Crippen LogP contribution in [-0.4, -0.2) is 28.5 Å². The van der Waals surface area contributed by atoms with Crippen LogP contribution >= 0.6 is 0 Å². The van der Waals surface area contributed by atoms with Gasteiger partial charge in [-0.3, -0.25) is 0 Å². The van der Waals surface area contributed by atoms with Crippen LogP contribution in [0.5, 0.6) is 0 Å². The number of anilines is 1. The molecule has 1 aromatic heterocycles. The Morgan fingerprint density at radius 1 is 1.38 bits per heavy atom. The molecule has 5 nitrogen and oxygen atoms in total. The first-order valence-corrected chi connectivity index (χ1v) is 7.54. The van der Waals surface area contributed by atoms with Gasteiger partial charge in [0.2, 0.25) is 0 Å². The summed E-state index contributed by atoms with van der Waals surface area (Å²) in [6, 6.07) is 6.44. The number of hydrogen-bond acceptors (Lipinski definition) is 4. The second-order valence-electron chi connectivity index (χ2n) is 5.47. The standard InChI is InChI=1S/C16H16F3N3O2/c1-2-24-15(23)11-9-20-22-13(16(17,18)19)8-12(21-14(11)22)10-6-4-3-5-7-10/h3-7,9,12-13,21H,2,8H2,1H3/t12-,13+/m1/s1. The largest absolute Gasteiger partial charge is 0.462 e. The first-order chi connectivity index (χ1) is 11.4. The van der Waals surface area contributed by atoms with E-state index < -0.39 is 24.2 Å². The van der Waals surface area contributed by atoms with Crippen molar-refractivity contribution in [3.63, 3.8) is 0 Å². The third-order valence-corrected chi connectivity index (χ3v) is 3.94. The molecule has 1 aromatic carbocycles. The van der Waals surface area contributed by atoms with Crippen LogP contribution in [-0.2, 0) is 4.74 Å². The maximum Gasteiger partial charge on any atom is 0.410 e. The Kier molecular flexibility index (Phi) is 4.21. The smallest absolute Gasteiger partial charge is 0.410 e. The molecular weight excluding hydrogens is 323 g/mol. The second kappa shape index (κ2) is 6.18. The van der Waals surface area contributed by atoms with Crippen LogP contribution < -0.4 is 5.32 Å². The molecule has 0 saturated heterocycles. The van der Waals surface area contributed by atoms with E-state index in [1.54, 1.807) is 37.3 Å². The minimum atomic E-state index is -4.47.